The van der Waals surface area contributed by atoms with Crippen LogP contribution in [0.1, 0.15) is 27.0 Å². The molecule has 1 saturated heterocycles. The summed E-state index contributed by atoms with van der Waals surface area (Å²) < 4.78 is 8.22. The molecule has 1 aliphatic rings. The lowest BCUT2D eigenvalue weighted by molar-refractivity contribution is -0.139. The van der Waals surface area contributed by atoms with Crippen LogP contribution >= 0.6 is 11.3 Å². The lowest BCUT2D eigenvalue weighted by Crippen LogP contribution is -2.45. The van der Waals surface area contributed by atoms with Crippen LogP contribution in [0, 0.1) is 6.92 Å². The summed E-state index contributed by atoms with van der Waals surface area (Å²) in [4.78, 5) is 41.7. The minimum absolute atomic E-state index is 0.0845. The molecule has 2 amide bonds. The van der Waals surface area contributed by atoms with Crippen LogP contribution in [-0.2, 0) is 16.1 Å². The minimum atomic E-state index is -0.421. The summed E-state index contributed by atoms with van der Waals surface area (Å²) in [5.41, 5.74) is 1.18. The normalized spacial score (nSPS) is 16.5. The highest BCUT2D eigenvalue weighted by Crippen LogP contribution is 2.38. The van der Waals surface area contributed by atoms with Crippen molar-refractivity contribution in [2.75, 3.05) is 33.8 Å². The molecule has 3 aromatic rings. The average molecular weight is 441 g/mol. The van der Waals surface area contributed by atoms with Gasteiger partial charge in [-0.3, -0.25) is 14.4 Å². The molecule has 0 radical (unpaired) electrons. The smallest absolute Gasteiger partial charge is 0.267 e. The van der Waals surface area contributed by atoms with Gasteiger partial charge in [-0.15, -0.1) is 11.3 Å². The number of aromatic nitrogens is 2. The number of rotatable bonds is 4. The number of carbonyl (C=O) groups is 2. The van der Waals surface area contributed by atoms with E-state index in [1.165, 1.54) is 22.1 Å². The summed E-state index contributed by atoms with van der Waals surface area (Å²) in [5.74, 6) is -0.285. The van der Waals surface area contributed by atoms with Crippen molar-refractivity contribution in [2.45, 2.75) is 19.6 Å². The topological polar surface area (TPSA) is 84.7 Å². The van der Waals surface area contributed by atoms with Gasteiger partial charge in [-0.2, -0.15) is 5.10 Å². The van der Waals surface area contributed by atoms with E-state index in [1.54, 1.807) is 36.9 Å². The second-order valence-electron chi connectivity index (χ2n) is 7.71. The standard InChI is InChI=1S/C22H24N4O4S/c1-14-8-9-18(27)26(23-14)13-19(28)25-10-11-30-16(12-25)20-15-6-4-5-7-17(15)31-21(20)22(29)24(2)3/h4-9,16H,10-13H2,1-3H3. The lowest BCUT2D eigenvalue weighted by atomic mass is 10.0. The van der Waals surface area contributed by atoms with Gasteiger partial charge in [-0.1, -0.05) is 18.2 Å². The highest BCUT2D eigenvalue weighted by atomic mass is 32.1. The Hall–Kier alpha value is -3.04. The van der Waals surface area contributed by atoms with E-state index in [9.17, 15) is 14.4 Å². The van der Waals surface area contributed by atoms with E-state index >= 15 is 0 Å². The van der Waals surface area contributed by atoms with Crippen molar-refractivity contribution in [3.05, 3.63) is 62.9 Å². The van der Waals surface area contributed by atoms with Gasteiger partial charge in [0.25, 0.3) is 11.5 Å². The third kappa shape index (κ3) is 4.24. The predicted molar refractivity (Wildman–Crippen MR) is 118 cm³/mol. The summed E-state index contributed by atoms with van der Waals surface area (Å²) in [6, 6.07) is 10.9. The Morgan fingerprint density at radius 3 is 2.77 bits per heavy atom. The van der Waals surface area contributed by atoms with Gasteiger partial charge in [0.05, 0.1) is 23.7 Å². The maximum absolute atomic E-state index is 12.9. The van der Waals surface area contributed by atoms with Crippen molar-refractivity contribution in [2.24, 2.45) is 0 Å². The summed E-state index contributed by atoms with van der Waals surface area (Å²) in [5, 5.41) is 5.12. The lowest BCUT2D eigenvalue weighted by Gasteiger charge is -2.33. The Morgan fingerprint density at radius 2 is 2.00 bits per heavy atom. The second kappa shape index (κ2) is 8.60. The van der Waals surface area contributed by atoms with Gasteiger partial charge >= 0.3 is 0 Å². The van der Waals surface area contributed by atoms with E-state index in [0.29, 0.717) is 30.3 Å². The van der Waals surface area contributed by atoms with Crippen LogP contribution in [0.25, 0.3) is 10.1 Å². The van der Waals surface area contributed by atoms with Crippen molar-refractivity contribution in [3.63, 3.8) is 0 Å². The Balaban J connectivity index is 1.63. The Labute approximate surface area is 183 Å². The fourth-order valence-electron chi connectivity index (χ4n) is 3.69. The molecule has 1 aliphatic heterocycles. The SMILES string of the molecule is Cc1ccc(=O)n(CC(=O)N2CCOC(c3c(C(=O)N(C)C)sc4ccccc34)C2)n1. The van der Waals surface area contributed by atoms with Crippen LogP contribution in [-0.4, -0.2) is 65.2 Å². The molecule has 1 aromatic carbocycles. The zero-order valence-electron chi connectivity index (χ0n) is 17.7. The maximum atomic E-state index is 12.9. The summed E-state index contributed by atoms with van der Waals surface area (Å²) in [6.07, 6.45) is -0.421. The Bertz CT molecular complexity index is 1200. The molecular weight excluding hydrogens is 416 g/mol. The fraction of sp³-hybridized carbons (Fsp3) is 0.364. The number of aryl methyl sites for hydroxylation is 1. The molecule has 1 unspecified atom stereocenters. The quantitative estimate of drug-likeness (QED) is 0.620. The number of thiophene rings is 1. The van der Waals surface area contributed by atoms with Gasteiger partial charge in [0.1, 0.15) is 12.6 Å². The molecule has 0 aliphatic carbocycles. The third-order valence-electron chi connectivity index (χ3n) is 5.26. The van der Waals surface area contributed by atoms with Crippen LogP contribution in [0.2, 0.25) is 0 Å². The zero-order valence-corrected chi connectivity index (χ0v) is 18.5. The summed E-state index contributed by atoms with van der Waals surface area (Å²) in [7, 11) is 3.45. The molecule has 3 heterocycles. The number of morpholine rings is 1. The van der Waals surface area contributed by atoms with Crippen molar-refractivity contribution in [1.29, 1.82) is 0 Å². The first-order valence-electron chi connectivity index (χ1n) is 10.0. The molecule has 4 rings (SSSR count). The number of hydrogen-bond donors (Lipinski definition) is 0. The number of amides is 2. The predicted octanol–water partition coefficient (Wildman–Crippen LogP) is 2.07. The molecule has 0 spiro atoms. The number of nitrogens with zero attached hydrogens (tertiary/aromatic N) is 4. The molecule has 1 fully saturated rings. The van der Waals surface area contributed by atoms with Gasteiger partial charge < -0.3 is 14.5 Å². The van der Waals surface area contributed by atoms with Crippen LogP contribution in [0.5, 0.6) is 0 Å². The van der Waals surface area contributed by atoms with E-state index in [-0.39, 0.29) is 23.9 Å². The highest BCUT2D eigenvalue weighted by molar-refractivity contribution is 7.21. The first kappa shape index (κ1) is 21.2. The molecular formula is C22H24N4O4S. The number of hydrogen-bond acceptors (Lipinski definition) is 6. The first-order chi connectivity index (χ1) is 14.8. The second-order valence-corrected chi connectivity index (χ2v) is 8.76. The zero-order chi connectivity index (χ0) is 22.1. The van der Waals surface area contributed by atoms with Gasteiger partial charge in [0, 0.05) is 37.0 Å². The van der Waals surface area contributed by atoms with Crippen molar-refractivity contribution >= 4 is 33.2 Å². The largest absolute Gasteiger partial charge is 0.370 e. The van der Waals surface area contributed by atoms with E-state index in [0.717, 1.165) is 15.6 Å². The van der Waals surface area contributed by atoms with Crippen LogP contribution < -0.4 is 5.56 Å². The molecule has 0 saturated carbocycles. The summed E-state index contributed by atoms with van der Waals surface area (Å²) in [6.45, 7) is 2.74. The number of carbonyl (C=O) groups excluding carboxylic acids is 2. The van der Waals surface area contributed by atoms with Crippen molar-refractivity contribution in [3.8, 4) is 0 Å². The van der Waals surface area contributed by atoms with E-state index in [1.807, 2.05) is 24.3 Å². The number of fused-ring (bicyclic) bond motifs is 1. The van der Waals surface area contributed by atoms with Crippen LogP contribution in [0.3, 0.4) is 0 Å². The monoisotopic (exact) mass is 440 g/mol. The first-order valence-corrected chi connectivity index (χ1v) is 10.8. The number of ether oxygens (including phenoxy) is 1. The Kier molecular flexibility index (Phi) is 5.88. The maximum Gasteiger partial charge on any atom is 0.267 e. The fourth-order valence-corrected chi connectivity index (χ4v) is 4.97. The number of benzene rings is 1. The average Bonchev–Trinajstić information content (AvgIpc) is 3.15. The molecule has 8 nitrogen and oxygen atoms in total. The molecule has 2 aromatic heterocycles. The highest BCUT2D eigenvalue weighted by Gasteiger charge is 2.32. The van der Waals surface area contributed by atoms with E-state index in [4.69, 9.17) is 4.74 Å². The van der Waals surface area contributed by atoms with E-state index in [2.05, 4.69) is 5.10 Å². The molecule has 0 bridgehead atoms. The summed E-state index contributed by atoms with van der Waals surface area (Å²) >= 11 is 1.44. The van der Waals surface area contributed by atoms with Gasteiger partial charge in [-0.05, 0) is 24.4 Å². The minimum Gasteiger partial charge on any atom is -0.370 e. The third-order valence-corrected chi connectivity index (χ3v) is 6.43. The van der Waals surface area contributed by atoms with Crippen molar-refractivity contribution < 1.29 is 14.3 Å². The molecule has 162 valence electrons. The van der Waals surface area contributed by atoms with Crippen LogP contribution in [0.4, 0.5) is 0 Å². The van der Waals surface area contributed by atoms with Gasteiger partial charge in [0.2, 0.25) is 5.91 Å². The molecule has 31 heavy (non-hydrogen) atoms. The Morgan fingerprint density at radius 1 is 1.23 bits per heavy atom. The molecule has 1 atom stereocenters. The molecule has 0 N–H and O–H groups in total. The van der Waals surface area contributed by atoms with E-state index < -0.39 is 6.10 Å². The van der Waals surface area contributed by atoms with Gasteiger partial charge in [-0.25, -0.2) is 4.68 Å². The van der Waals surface area contributed by atoms with Crippen LogP contribution in [0.15, 0.2) is 41.2 Å². The van der Waals surface area contributed by atoms with Crippen molar-refractivity contribution in [1.82, 2.24) is 19.6 Å². The van der Waals surface area contributed by atoms with Gasteiger partial charge in [0.15, 0.2) is 0 Å². The molecule has 9 heteroatoms.